The van der Waals surface area contributed by atoms with Crippen LogP contribution in [0.15, 0.2) is 42.5 Å². The molecule has 0 fully saturated rings. The van der Waals surface area contributed by atoms with Gasteiger partial charge in [0, 0.05) is 16.3 Å². The molecular weight excluding hydrogens is 212 g/mol. The predicted molar refractivity (Wildman–Crippen MR) is 74.3 cm³/mol. The molecule has 1 heteroatoms. The maximum Gasteiger partial charge on any atom is 0.184 e. The zero-order valence-corrected chi connectivity index (χ0v) is 10.5. The molecule has 3 aromatic rings. The van der Waals surface area contributed by atoms with E-state index in [0.717, 1.165) is 6.42 Å². The van der Waals surface area contributed by atoms with Gasteiger partial charge in [-0.25, -0.2) is 0 Å². The van der Waals surface area contributed by atoms with E-state index in [4.69, 9.17) is 0 Å². The Bertz CT molecular complexity index is 662. The van der Waals surface area contributed by atoms with Crippen LogP contribution in [0.3, 0.4) is 0 Å². The topological polar surface area (TPSA) is 0 Å². The molecule has 80 valence electrons. The highest BCUT2D eigenvalue weighted by Crippen LogP contribution is 2.42. The smallest absolute Gasteiger partial charge is 0.0612 e. The molecule has 0 aliphatic carbocycles. The third-order valence-electron chi connectivity index (χ3n) is 3.29. The predicted octanol–water partition coefficient (Wildman–Crippen LogP) is 4.84. The molecule has 1 unspecified atom stereocenters. The summed E-state index contributed by atoms with van der Waals surface area (Å²) >= 11 is 0. The van der Waals surface area contributed by atoms with Crippen molar-refractivity contribution in [2.45, 2.75) is 13.3 Å². The van der Waals surface area contributed by atoms with E-state index in [1.165, 1.54) is 21.0 Å². The molecule has 0 aliphatic rings. The lowest BCUT2D eigenvalue weighted by Gasteiger charge is -1.94. The number of fused-ring (bicyclic) bond motifs is 3. The van der Waals surface area contributed by atoms with Crippen LogP contribution in [0.25, 0.3) is 20.2 Å². The molecule has 0 spiro atoms. The van der Waals surface area contributed by atoms with Crippen molar-refractivity contribution >= 4 is 30.6 Å². The standard InChI is InChI=1S/C15H15S/c1-3-11-7-6-9-13-12-8-4-5-10-14(12)16(2)15(11)13/h4-10H,3H2,1-2H3/q+1. The van der Waals surface area contributed by atoms with Crippen LogP contribution in [0.5, 0.6) is 0 Å². The van der Waals surface area contributed by atoms with Gasteiger partial charge in [-0.1, -0.05) is 31.2 Å². The van der Waals surface area contributed by atoms with Crippen molar-refractivity contribution in [2.24, 2.45) is 6.26 Å². The average Bonchev–Trinajstić information content (AvgIpc) is 2.64. The van der Waals surface area contributed by atoms with E-state index in [9.17, 15) is 0 Å². The van der Waals surface area contributed by atoms with Crippen LogP contribution >= 0.6 is 10.5 Å². The van der Waals surface area contributed by atoms with Gasteiger partial charge in [0.15, 0.2) is 9.40 Å². The summed E-state index contributed by atoms with van der Waals surface area (Å²) in [5.74, 6) is 0. The Labute approximate surface area is 98.5 Å². The van der Waals surface area contributed by atoms with E-state index < -0.39 is 0 Å². The summed E-state index contributed by atoms with van der Waals surface area (Å²) in [5.41, 5.74) is 1.51. The maximum atomic E-state index is 2.35. The van der Waals surface area contributed by atoms with Crippen molar-refractivity contribution in [1.82, 2.24) is 0 Å². The van der Waals surface area contributed by atoms with Crippen molar-refractivity contribution in [2.75, 3.05) is 0 Å². The molecule has 0 amide bonds. The minimum absolute atomic E-state index is 0.266. The molecule has 0 N–H and O–H groups in total. The molecule has 0 bridgehead atoms. The van der Waals surface area contributed by atoms with Crippen molar-refractivity contribution in [1.29, 1.82) is 0 Å². The molecular formula is C15H15S+. The second-order valence-electron chi connectivity index (χ2n) is 4.15. The third kappa shape index (κ3) is 1.21. The molecule has 16 heavy (non-hydrogen) atoms. The number of benzene rings is 2. The van der Waals surface area contributed by atoms with Crippen LogP contribution < -0.4 is 0 Å². The fourth-order valence-corrected chi connectivity index (χ4v) is 4.63. The van der Waals surface area contributed by atoms with Gasteiger partial charge in [0.05, 0.1) is 0 Å². The first-order valence-corrected chi connectivity index (χ1v) is 7.33. The van der Waals surface area contributed by atoms with Crippen molar-refractivity contribution in [3.8, 4) is 0 Å². The minimum atomic E-state index is 0.266. The SMILES string of the molecule is CCc1cccc2c3ccccc3[s+](C)c12. The molecule has 2 aromatic carbocycles. The molecule has 0 saturated heterocycles. The summed E-state index contributed by atoms with van der Waals surface area (Å²) in [4.78, 5) is 0. The number of thiophene rings is 1. The van der Waals surface area contributed by atoms with Crippen LogP contribution in [0.1, 0.15) is 12.5 Å². The van der Waals surface area contributed by atoms with E-state index in [0.29, 0.717) is 0 Å². The summed E-state index contributed by atoms with van der Waals surface area (Å²) in [7, 11) is 0.266. The second kappa shape index (κ2) is 3.60. The van der Waals surface area contributed by atoms with Gasteiger partial charge in [0.2, 0.25) is 0 Å². The first-order valence-electron chi connectivity index (χ1n) is 5.70. The summed E-state index contributed by atoms with van der Waals surface area (Å²) in [5, 5.41) is 2.90. The van der Waals surface area contributed by atoms with Gasteiger partial charge in [-0.05, 0) is 35.1 Å². The van der Waals surface area contributed by atoms with E-state index in [-0.39, 0.29) is 10.5 Å². The monoisotopic (exact) mass is 227 g/mol. The van der Waals surface area contributed by atoms with Gasteiger partial charge in [0.1, 0.15) is 6.26 Å². The van der Waals surface area contributed by atoms with Crippen molar-refractivity contribution in [3.05, 3.63) is 48.0 Å². The summed E-state index contributed by atoms with van der Waals surface area (Å²) in [6.45, 7) is 2.25. The maximum absolute atomic E-state index is 2.35. The summed E-state index contributed by atoms with van der Waals surface area (Å²) in [6.07, 6.45) is 3.48. The van der Waals surface area contributed by atoms with Gasteiger partial charge in [-0.15, -0.1) is 0 Å². The Balaban J connectivity index is 2.61. The molecule has 3 rings (SSSR count). The van der Waals surface area contributed by atoms with Gasteiger partial charge >= 0.3 is 0 Å². The van der Waals surface area contributed by atoms with E-state index in [2.05, 4.69) is 55.6 Å². The Morgan fingerprint density at radius 2 is 1.69 bits per heavy atom. The zero-order valence-electron chi connectivity index (χ0n) is 9.66. The van der Waals surface area contributed by atoms with E-state index in [1.54, 1.807) is 4.70 Å². The lowest BCUT2D eigenvalue weighted by Crippen LogP contribution is -1.79. The molecule has 0 nitrogen and oxygen atoms in total. The van der Waals surface area contributed by atoms with Gasteiger partial charge < -0.3 is 0 Å². The van der Waals surface area contributed by atoms with Crippen molar-refractivity contribution in [3.63, 3.8) is 0 Å². The highest BCUT2D eigenvalue weighted by atomic mass is 32.2. The fourth-order valence-electron chi connectivity index (χ4n) is 2.50. The normalized spacial score (nSPS) is 12.5. The zero-order chi connectivity index (χ0) is 11.1. The molecule has 0 aliphatic heterocycles. The lowest BCUT2D eigenvalue weighted by molar-refractivity contribution is 1.16. The average molecular weight is 227 g/mol. The first-order chi connectivity index (χ1) is 7.83. The van der Waals surface area contributed by atoms with Gasteiger partial charge in [0.25, 0.3) is 0 Å². The van der Waals surface area contributed by atoms with Crippen LogP contribution in [-0.2, 0) is 12.7 Å². The second-order valence-corrected chi connectivity index (χ2v) is 6.02. The fraction of sp³-hybridized carbons (Fsp3) is 0.200. The number of hydrogen-bond donors (Lipinski definition) is 0. The van der Waals surface area contributed by atoms with Gasteiger partial charge in [-0.2, -0.15) is 0 Å². The molecule has 0 radical (unpaired) electrons. The third-order valence-corrected chi connectivity index (χ3v) is 5.40. The van der Waals surface area contributed by atoms with E-state index >= 15 is 0 Å². The summed E-state index contributed by atoms with van der Waals surface area (Å²) in [6, 6.07) is 15.6. The lowest BCUT2D eigenvalue weighted by atomic mass is 10.1. The molecule has 1 atom stereocenters. The Kier molecular flexibility index (Phi) is 2.22. The molecule has 0 saturated carbocycles. The minimum Gasteiger partial charge on any atom is -0.0612 e. The van der Waals surface area contributed by atoms with Crippen LogP contribution in [0.2, 0.25) is 0 Å². The van der Waals surface area contributed by atoms with Crippen LogP contribution in [0, 0.1) is 0 Å². The highest BCUT2D eigenvalue weighted by Gasteiger charge is 2.19. The van der Waals surface area contributed by atoms with Crippen molar-refractivity contribution < 1.29 is 0 Å². The quantitative estimate of drug-likeness (QED) is 0.522. The number of aryl methyl sites for hydroxylation is 2. The van der Waals surface area contributed by atoms with Crippen LogP contribution in [0.4, 0.5) is 0 Å². The largest absolute Gasteiger partial charge is 0.184 e. The molecule has 1 aromatic heterocycles. The highest BCUT2D eigenvalue weighted by molar-refractivity contribution is 7.41. The Morgan fingerprint density at radius 3 is 2.50 bits per heavy atom. The first kappa shape index (κ1) is 9.86. The summed E-state index contributed by atoms with van der Waals surface area (Å²) < 4.78 is 3.09. The molecule has 1 heterocycles. The number of hydrogen-bond acceptors (Lipinski definition) is 0. The number of rotatable bonds is 1. The van der Waals surface area contributed by atoms with Crippen LogP contribution in [-0.4, -0.2) is 0 Å². The Morgan fingerprint density at radius 1 is 0.938 bits per heavy atom. The van der Waals surface area contributed by atoms with Gasteiger partial charge in [-0.3, -0.25) is 0 Å². The van der Waals surface area contributed by atoms with E-state index in [1.807, 2.05) is 0 Å². The Hall–Kier alpha value is -1.34.